The number of nitrogens with one attached hydrogen (secondary N) is 1. The Hall–Kier alpha value is -2.49. The fraction of sp³-hybridized carbons (Fsp3) is 0.188. The summed E-state index contributed by atoms with van der Waals surface area (Å²) in [5.74, 6) is 0. The maximum absolute atomic E-state index is 3.31. The lowest BCUT2D eigenvalue weighted by Crippen LogP contribution is -2.14. The predicted octanol–water partition coefficient (Wildman–Crippen LogP) is 3.19. The molecule has 1 aromatic heterocycles. The maximum atomic E-state index is 3.31. The summed E-state index contributed by atoms with van der Waals surface area (Å²) in [6, 6.07) is 17.4. The second kappa shape index (κ2) is 4.89. The van der Waals surface area contributed by atoms with Crippen molar-refractivity contribution in [1.29, 1.82) is 0 Å². The van der Waals surface area contributed by atoms with E-state index in [0.29, 0.717) is 0 Å². The first-order chi connectivity index (χ1) is 9.71. The number of tetrazole rings is 1. The van der Waals surface area contributed by atoms with Crippen molar-refractivity contribution in [1.82, 2.24) is 20.6 Å². The van der Waals surface area contributed by atoms with Gasteiger partial charge < -0.3 is 0 Å². The van der Waals surface area contributed by atoms with Gasteiger partial charge in [-0.3, -0.25) is 0 Å². The molecular formula is C16H16N4. The van der Waals surface area contributed by atoms with Crippen LogP contribution in [0.25, 0.3) is 11.1 Å². The number of aromatic amines is 1. The minimum atomic E-state index is 0.160. The summed E-state index contributed by atoms with van der Waals surface area (Å²) < 4.78 is 0. The van der Waals surface area contributed by atoms with Gasteiger partial charge in [0.1, 0.15) is 6.33 Å². The molecule has 0 amide bonds. The van der Waals surface area contributed by atoms with Gasteiger partial charge in [0.25, 0.3) is 0 Å². The molecule has 4 heteroatoms. The molecule has 1 N–H and O–H groups in total. The number of H-pyrrole nitrogens is 1. The van der Waals surface area contributed by atoms with Gasteiger partial charge in [-0.15, -0.1) is 5.10 Å². The lowest BCUT2D eigenvalue weighted by Gasteiger charge is -2.20. The number of hydrogen-bond donors (Lipinski definition) is 1. The summed E-state index contributed by atoms with van der Waals surface area (Å²) in [6.07, 6.45) is 1.40. The monoisotopic (exact) mass is 264 g/mol. The van der Waals surface area contributed by atoms with Crippen molar-refractivity contribution in [3.05, 3.63) is 66.0 Å². The second-order valence-corrected chi connectivity index (χ2v) is 5.28. The number of hydrogen-bond acceptors (Lipinski definition) is 3. The van der Waals surface area contributed by atoms with Crippen molar-refractivity contribution in [2.24, 2.45) is 0 Å². The van der Waals surface area contributed by atoms with Gasteiger partial charge in [-0.05, 0) is 32.7 Å². The zero-order valence-electron chi connectivity index (χ0n) is 11.5. The van der Waals surface area contributed by atoms with Crippen LogP contribution in [-0.2, 0) is 5.41 Å². The van der Waals surface area contributed by atoms with Crippen LogP contribution in [0.3, 0.4) is 0 Å². The Morgan fingerprint density at radius 2 is 1.40 bits per heavy atom. The summed E-state index contributed by atoms with van der Waals surface area (Å²) in [6.45, 7) is 4.61. The van der Waals surface area contributed by atoms with Gasteiger partial charge in [0.15, 0.2) is 0 Å². The van der Waals surface area contributed by atoms with Crippen LogP contribution >= 0.6 is 0 Å². The fourth-order valence-electron chi connectivity index (χ4n) is 2.80. The van der Waals surface area contributed by atoms with Crippen LogP contribution < -0.4 is 0 Å². The Bertz CT molecular complexity index is 637. The molecule has 100 valence electrons. The predicted molar refractivity (Wildman–Crippen MR) is 78.2 cm³/mol. The van der Waals surface area contributed by atoms with Crippen LogP contribution in [0.1, 0.15) is 25.0 Å². The smallest absolute Gasteiger partial charge is 0.135 e. The molecule has 0 atom stereocenters. The van der Waals surface area contributed by atoms with Gasteiger partial charge in [0.05, 0.1) is 0 Å². The molecule has 1 aliphatic carbocycles. The van der Waals surface area contributed by atoms with E-state index in [9.17, 15) is 0 Å². The van der Waals surface area contributed by atoms with Crippen LogP contribution in [0.4, 0.5) is 0 Å². The van der Waals surface area contributed by atoms with Crippen molar-refractivity contribution in [2.75, 3.05) is 0 Å². The lowest BCUT2D eigenvalue weighted by molar-refractivity contribution is 0.660. The van der Waals surface area contributed by atoms with Gasteiger partial charge in [-0.2, -0.15) is 0 Å². The quantitative estimate of drug-likeness (QED) is 0.678. The van der Waals surface area contributed by atoms with Crippen LogP contribution in [0, 0.1) is 0 Å². The van der Waals surface area contributed by atoms with Crippen LogP contribution in [0.5, 0.6) is 0 Å². The molecule has 0 bridgehead atoms. The van der Waals surface area contributed by atoms with Gasteiger partial charge in [-0.25, -0.2) is 5.10 Å². The van der Waals surface area contributed by atoms with Crippen LogP contribution in [0.2, 0.25) is 0 Å². The first kappa shape index (κ1) is 12.5. The molecular weight excluding hydrogens is 248 g/mol. The largest absolute Gasteiger partial charge is 0.246 e. The Kier molecular flexibility index (Phi) is 3.06. The Balaban J connectivity index is 0.000000205. The average Bonchev–Trinajstić information content (AvgIpc) is 3.12. The normalized spacial score (nSPS) is 13.9. The van der Waals surface area contributed by atoms with E-state index in [1.165, 1.54) is 28.6 Å². The van der Waals surface area contributed by atoms with Gasteiger partial charge in [0, 0.05) is 5.41 Å². The van der Waals surface area contributed by atoms with Crippen molar-refractivity contribution in [3.8, 4) is 11.1 Å². The number of rotatable bonds is 0. The minimum Gasteiger partial charge on any atom is -0.246 e. The third-order valence-electron chi connectivity index (χ3n) is 3.76. The summed E-state index contributed by atoms with van der Waals surface area (Å²) >= 11 is 0. The molecule has 0 unspecified atom stereocenters. The zero-order chi connectivity index (χ0) is 14.0. The minimum absolute atomic E-state index is 0.160. The number of nitrogens with zero attached hydrogens (tertiary/aromatic N) is 3. The van der Waals surface area contributed by atoms with Crippen molar-refractivity contribution in [2.45, 2.75) is 19.3 Å². The molecule has 2 aromatic carbocycles. The van der Waals surface area contributed by atoms with Crippen LogP contribution in [-0.4, -0.2) is 20.6 Å². The molecule has 0 fully saturated rings. The van der Waals surface area contributed by atoms with Gasteiger partial charge >= 0.3 is 0 Å². The summed E-state index contributed by atoms with van der Waals surface area (Å²) in [5.41, 5.74) is 5.86. The Morgan fingerprint density at radius 1 is 0.850 bits per heavy atom. The molecule has 3 aromatic rings. The number of aromatic nitrogens is 4. The summed E-state index contributed by atoms with van der Waals surface area (Å²) in [4.78, 5) is 0. The van der Waals surface area contributed by atoms with Gasteiger partial charge in [0.2, 0.25) is 0 Å². The average molecular weight is 264 g/mol. The molecule has 0 saturated heterocycles. The number of benzene rings is 2. The molecule has 0 aliphatic heterocycles. The molecule has 0 saturated carbocycles. The van der Waals surface area contributed by atoms with Crippen molar-refractivity contribution < 1.29 is 0 Å². The third-order valence-corrected chi connectivity index (χ3v) is 3.76. The van der Waals surface area contributed by atoms with E-state index in [2.05, 4.69) is 83.0 Å². The highest BCUT2D eigenvalue weighted by Gasteiger charge is 2.34. The van der Waals surface area contributed by atoms with E-state index < -0.39 is 0 Å². The van der Waals surface area contributed by atoms with E-state index in [1.54, 1.807) is 0 Å². The highest BCUT2D eigenvalue weighted by atomic mass is 15.5. The van der Waals surface area contributed by atoms with E-state index in [-0.39, 0.29) is 5.41 Å². The molecule has 0 spiro atoms. The fourth-order valence-corrected chi connectivity index (χ4v) is 2.80. The van der Waals surface area contributed by atoms with E-state index in [0.717, 1.165) is 0 Å². The molecule has 20 heavy (non-hydrogen) atoms. The Morgan fingerprint density at radius 3 is 1.80 bits per heavy atom. The molecule has 0 radical (unpaired) electrons. The molecule has 4 nitrogen and oxygen atoms in total. The second-order valence-electron chi connectivity index (χ2n) is 5.28. The maximum Gasteiger partial charge on any atom is 0.135 e. The molecule has 4 rings (SSSR count). The van der Waals surface area contributed by atoms with Crippen molar-refractivity contribution in [3.63, 3.8) is 0 Å². The van der Waals surface area contributed by atoms with E-state index >= 15 is 0 Å². The zero-order valence-corrected chi connectivity index (χ0v) is 11.5. The SMILES string of the molecule is CC1(C)c2ccccc2-c2ccccc21.c1nnn[nH]1. The lowest BCUT2D eigenvalue weighted by atomic mass is 9.82. The standard InChI is InChI=1S/C15H14.CH2N4/c1-15(2)13-9-5-3-7-11(13)12-8-4-6-10-14(12)15;1-2-4-5-3-1/h3-10H,1-2H3;1H,(H,2,3,4,5). The number of fused-ring (bicyclic) bond motifs is 3. The summed E-state index contributed by atoms with van der Waals surface area (Å²) in [7, 11) is 0. The highest BCUT2D eigenvalue weighted by Crippen LogP contribution is 2.47. The van der Waals surface area contributed by atoms with Crippen LogP contribution in [0.15, 0.2) is 54.9 Å². The highest BCUT2D eigenvalue weighted by molar-refractivity contribution is 5.80. The Labute approximate surface area is 117 Å². The molecule has 1 heterocycles. The molecule has 1 aliphatic rings. The summed E-state index contributed by atoms with van der Waals surface area (Å²) in [5, 5.41) is 12.1. The third kappa shape index (κ3) is 1.99. The first-order valence-corrected chi connectivity index (χ1v) is 6.58. The van der Waals surface area contributed by atoms with Gasteiger partial charge in [-0.1, -0.05) is 62.4 Å². The van der Waals surface area contributed by atoms with E-state index in [4.69, 9.17) is 0 Å². The topological polar surface area (TPSA) is 54.5 Å². The van der Waals surface area contributed by atoms with E-state index in [1.807, 2.05) is 0 Å². The van der Waals surface area contributed by atoms with Crippen molar-refractivity contribution >= 4 is 0 Å². The first-order valence-electron chi connectivity index (χ1n) is 6.58.